The molecule has 0 atom stereocenters. The summed E-state index contributed by atoms with van der Waals surface area (Å²) in [4.78, 5) is 16.1. The average Bonchev–Trinajstić information content (AvgIpc) is 2.67. The Labute approximate surface area is 154 Å². The van der Waals surface area contributed by atoms with Crippen molar-refractivity contribution >= 4 is 38.2 Å². The number of aromatic nitrogens is 1. The van der Waals surface area contributed by atoms with E-state index in [1.54, 1.807) is 30.5 Å². The minimum Gasteiger partial charge on any atom is -0.411 e. The third-order valence-corrected chi connectivity index (χ3v) is 6.55. The van der Waals surface area contributed by atoms with E-state index >= 15 is 0 Å². The molecule has 0 unspecified atom stereocenters. The molecule has 1 aromatic heterocycles. The number of thioether (sulfide) groups is 1. The molecule has 3 rings (SSSR count). The lowest BCUT2D eigenvalue weighted by Gasteiger charge is -2.12. The Kier molecular flexibility index (Phi) is 4.88. The number of pyridine rings is 1. The number of hydrogen-bond donors (Lipinski definition) is 2. The summed E-state index contributed by atoms with van der Waals surface area (Å²) in [6, 6.07) is 12.6. The summed E-state index contributed by atoms with van der Waals surface area (Å²) in [7, 11) is -3.80. The summed E-state index contributed by atoms with van der Waals surface area (Å²) in [5.41, 5.74) is 0.235. The lowest BCUT2D eigenvalue weighted by molar-refractivity contribution is 0.319. The second-order valence-corrected chi connectivity index (χ2v) is 8.28. The first-order chi connectivity index (χ1) is 12.4. The fraction of sp³-hybridized carbons (Fsp3) is 0.111. The van der Waals surface area contributed by atoms with Crippen molar-refractivity contribution in [3.63, 3.8) is 0 Å². The van der Waals surface area contributed by atoms with Gasteiger partial charge in [-0.3, -0.25) is 4.79 Å². The second kappa shape index (κ2) is 6.97. The van der Waals surface area contributed by atoms with Crippen LogP contribution in [0.4, 0.5) is 0 Å². The molecule has 0 aliphatic carbocycles. The number of rotatable bonds is 4. The maximum absolute atomic E-state index is 13.0. The van der Waals surface area contributed by atoms with E-state index in [2.05, 4.69) is 10.1 Å². The number of benzene rings is 2. The minimum atomic E-state index is -3.80. The van der Waals surface area contributed by atoms with Gasteiger partial charge in [0.25, 0.3) is 0 Å². The Morgan fingerprint density at radius 1 is 1.12 bits per heavy atom. The van der Waals surface area contributed by atoms with Crippen molar-refractivity contribution in [2.75, 3.05) is 6.26 Å². The predicted octanol–water partition coefficient (Wildman–Crippen LogP) is 3.28. The maximum Gasteiger partial charge on any atom is 0.208 e. The van der Waals surface area contributed by atoms with Gasteiger partial charge in [-0.05, 0) is 37.4 Å². The highest BCUT2D eigenvalue weighted by atomic mass is 32.2. The van der Waals surface area contributed by atoms with Gasteiger partial charge in [0.15, 0.2) is 5.43 Å². The molecular weight excluding hydrogens is 372 g/mol. The van der Waals surface area contributed by atoms with Crippen molar-refractivity contribution in [3.8, 4) is 0 Å². The van der Waals surface area contributed by atoms with Crippen LogP contribution in [0.2, 0.25) is 0 Å². The summed E-state index contributed by atoms with van der Waals surface area (Å²) in [5.74, 6) is 0. The SMILES string of the molecule is CSc1[nH]c2c(S(=O)(=O)c3ccccc3)cccc2c(=O)c1/C(C)=N/O. The van der Waals surface area contributed by atoms with Crippen LogP contribution in [0, 0.1) is 0 Å². The molecule has 0 aliphatic heterocycles. The summed E-state index contributed by atoms with van der Waals surface area (Å²) in [6.07, 6.45) is 1.75. The topological polar surface area (TPSA) is 99.6 Å². The standard InChI is InChI=1S/C18H16N2O4S2/c1-11(20-22)15-17(21)13-9-6-10-14(16(13)19-18(15)25-2)26(23,24)12-7-4-3-5-8-12/h3-10,22H,1-2H3,(H,19,21)/b20-11+. The molecule has 0 saturated carbocycles. The Morgan fingerprint density at radius 2 is 1.81 bits per heavy atom. The number of H-pyrrole nitrogens is 1. The molecular formula is C18H16N2O4S2. The molecule has 0 spiro atoms. The number of nitrogens with one attached hydrogen (secondary N) is 1. The summed E-state index contributed by atoms with van der Waals surface area (Å²) in [6.45, 7) is 1.51. The molecule has 0 bridgehead atoms. The molecule has 0 radical (unpaired) electrons. The van der Waals surface area contributed by atoms with Gasteiger partial charge in [-0.2, -0.15) is 0 Å². The highest BCUT2D eigenvalue weighted by Crippen LogP contribution is 2.28. The Bertz CT molecular complexity index is 1170. The van der Waals surface area contributed by atoms with Crippen LogP contribution >= 0.6 is 11.8 Å². The van der Waals surface area contributed by atoms with E-state index in [1.807, 2.05) is 0 Å². The van der Waals surface area contributed by atoms with Crippen molar-refractivity contribution in [1.82, 2.24) is 4.98 Å². The van der Waals surface area contributed by atoms with E-state index in [0.717, 1.165) is 0 Å². The van der Waals surface area contributed by atoms with Gasteiger partial charge in [0.2, 0.25) is 9.84 Å². The van der Waals surface area contributed by atoms with Crippen molar-refractivity contribution in [3.05, 3.63) is 64.3 Å². The first-order valence-electron chi connectivity index (χ1n) is 7.64. The lowest BCUT2D eigenvalue weighted by atomic mass is 10.1. The summed E-state index contributed by atoms with van der Waals surface area (Å²) < 4.78 is 26.1. The van der Waals surface area contributed by atoms with Crippen molar-refractivity contribution in [2.24, 2.45) is 5.16 Å². The van der Waals surface area contributed by atoms with Crippen LogP contribution < -0.4 is 5.43 Å². The smallest absolute Gasteiger partial charge is 0.208 e. The number of aromatic amines is 1. The van der Waals surface area contributed by atoms with Crippen LogP contribution in [0.15, 0.2) is 73.3 Å². The molecule has 8 heteroatoms. The van der Waals surface area contributed by atoms with Gasteiger partial charge in [0.1, 0.15) is 0 Å². The quantitative estimate of drug-likeness (QED) is 0.309. The molecule has 134 valence electrons. The highest BCUT2D eigenvalue weighted by Gasteiger charge is 2.23. The molecule has 2 N–H and O–H groups in total. The van der Waals surface area contributed by atoms with Crippen molar-refractivity contribution in [1.29, 1.82) is 0 Å². The van der Waals surface area contributed by atoms with Gasteiger partial charge >= 0.3 is 0 Å². The van der Waals surface area contributed by atoms with Gasteiger partial charge in [0, 0.05) is 5.39 Å². The zero-order valence-electron chi connectivity index (χ0n) is 14.1. The summed E-state index contributed by atoms with van der Waals surface area (Å²) in [5, 5.41) is 12.8. The van der Waals surface area contributed by atoms with Gasteiger partial charge < -0.3 is 10.2 Å². The van der Waals surface area contributed by atoms with Gasteiger partial charge in [-0.1, -0.05) is 29.4 Å². The van der Waals surface area contributed by atoms with Crippen molar-refractivity contribution < 1.29 is 13.6 Å². The van der Waals surface area contributed by atoms with E-state index in [0.29, 0.717) is 5.03 Å². The van der Waals surface area contributed by atoms with E-state index in [-0.39, 0.29) is 37.4 Å². The van der Waals surface area contributed by atoms with Crippen LogP contribution in [-0.4, -0.2) is 30.6 Å². The van der Waals surface area contributed by atoms with Gasteiger partial charge in [0.05, 0.1) is 31.6 Å². The summed E-state index contributed by atoms with van der Waals surface area (Å²) >= 11 is 1.24. The van der Waals surface area contributed by atoms with Crippen LogP contribution in [-0.2, 0) is 9.84 Å². The van der Waals surface area contributed by atoms with E-state index < -0.39 is 9.84 Å². The number of oxime groups is 1. The number of nitrogens with zero attached hydrogens (tertiary/aromatic N) is 1. The van der Waals surface area contributed by atoms with Crippen molar-refractivity contribution in [2.45, 2.75) is 21.7 Å². The maximum atomic E-state index is 13.0. The number of sulfone groups is 1. The molecule has 0 amide bonds. The van der Waals surface area contributed by atoms with E-state index in [4.69, 9.17) is 5.21 Å². The Balaban J connectivity index is 2.41. The molecule has 26 heavy (non-hydrogen) atoms. The van der Waals surface area contributed by atoms with Crippen LogP contribution in [0.3, 0.4) is 0 Å². The predicted molar refractivity (Wildman–Crippen MR) is 102 cm³/mol. The number of hydrogen-bond acceptors (Lipinski definition) is 6. The van der Waals surface area contributed by atoms with Crippen LogP contribution in [0.25, 0.3) is 10.9 Å². The lowest BCUT2D eigenvalue weighted by Crippen LogP contribution is -2.18. The minimum absolute atomic E-state index is 0.0266. The fourth-order valence-corrected chi connectivity index (χ4v) is 4.85. The molecule has 0 saturated heterocycles. The Hall–Kier alpha value is -2.58. The number of fused-ring (bicyclic) bond motifs is 1. The first kappa shape index (κ1) is 18.2. The molecule has 0 aliphatic rings. The number of para-hydroxylation sites is 1. The third kappa shape index (κ3) is 2.91. The highest BCUT2D eigenvalue weighted by molar-refractivity contribution is 7.98. The third-order valence-electron chi connectivity index (χ3n) is 4.02. The zero-order chi connectivity index (χ0) is 18.9. The zero-order valence-corrected chi connectivity index (χ0v) is 15.7. The molecule has 2 aromatic carbocycles. The molecule has 1 heterocycles. The normalized spacial score (nSPS) is 12.5. The second-order valence-electron chi connectivity index (χ2n) is 5.54. The first-order valence-corrected chi connectivity index (χ1v) is 10.3. The fourth-order valence-electron chi connectivity index (χ4n) is 2.75. The van der Waals surface area contributed by atoms with Gasteiger partial charge in [-0.15, -0.1) is 11.8 Å². The van der Waals surface area contributed by atoms with Crippen LogP contribution in [0.1, 0.15) is 12.5 Å². The average molecular weight is 388 g/mol. The molecule has 6 nitrogen and oxygen atoms in total. The van der Waals surface area contributed by atoms with E-state index in [9.17, 15) is 13.2 Å². The van der Waals surface area contributed by atoms with E-state index in [1.165, 1.54) is 43.0 Å². The van der Waals surface area contributed by atoms with Gasteiger partial charge in [-0.25, -0.2) is 8.42 Å². The molecule has 3 aromatic rings. The largest absolute Gasteiger partial charge is 0.411 e. The Morgan fingerprint density at radius 3 is 2.42 bits per heavy atom. The monoisotopic (exact) mass is 388 g/mol. The molecule has 0 fully saturated rings. The van der Waals surface area contributed by atoms with Crippen LogP contribution in [0.5, 0.6) is 0 Å².